The molecule has 0 aromatic heterocycles. The predicted molar refractivity (Wildman–Crippen MR) is 197 cm³/mol. The van der Waals surface area contributed by atoms with E-state index in [0.29, 0.717) is 10.3 Å². The summed E-state index contributed by atoms with van der Waals surface area (Å²) in [6, 6.07) is 19.2. The van der Waals surface area contributed by atoms with Crippen molar-refractivity contribution >= 4 is 24.2 Å². The van der Waals surface area contributed by atoms with E-state index in [-0.39, 0.29) is 24.1 Å². The van der Waals surface area contributed by atoms with Crippen LogP contribution in [0.1, 0.15) is 141 Å². The number of hydrogen-bond donors (Lipinski definition) is 0. The monoisotopic (exact) mass is 657 g/mol. The first-order chi connectivity index (χ1) is 21.7. The molecule has 2 aromatic rings. The van der Waals surface area contributed by atoms with Crippen LogP contribution in [0.2, 0.25) is 0 Å². The molecule has 0 heterocycles. The summed E-state index contributed by atoms with van der Waals surface area (Å²) in [5.41, 5.74) is 4.25. The van der Waals surface area contributed by atoms with Crippen LogP contribution in [0.25, 0.3) is 0 Å². The van der Waals surface area contributed by atoms with Crippen LogP contribution in [0.3, 0.4) is 0 Å². The minimum Gasteiger partial charge on any atom is -0.242 e. The fourth-order valence-corrected chi connectivity index (χ4v) is 19.5. The topological polar surface area (TPSA) is 20.3 Å². The molecule has 0 N–H and O–H groups in total. The summed E-state index contributed by atoms with van der Waals surface area (Å²) < 4.78 is 16.3. The molecular formula is C42H60NOPS. The van der Waals surface area contributed by atoms with Gasteiger partial charge >= 0.3 is 0 Å². The fraction of sp³-hybridized carbons (Fsp3) is 0.714. The highest BCUT2D eigenvalue weighted by atomic mass is 32.2. The molecule has 2 atom stereocenters. The van der Waals surface area contributed by atoms with Gasteiger partial charge in [-0.2, -0.15) is 0 Å². The highest BCUT2D eigenvalue weighted by Crippen LogP contribution is 2.78. The molecule has 2 aromatic carbocycles. The molecule has 2 nitrogen and oxygen atoms in total. The van der Waals surface area contributed by atoms with E-state index in [2.05, 4.69) is 101 Å². The van der Waals surface area contributed by atoms with Crippen molar-refractivity contribution in [1.82, 2.24) is 4.31 Å². The number of hydrogen-bond acceptors (Lipinski definition) is 1. The zero-order valence-corrected chi connectivity index (χ0v) is 31.6. The molecule has 8 aliphatic rings. The molecule has 10 rings (SSSR count). The zero-order chi connectivity index (χ0) is 32.2. The van der Waals surface area contributed by atoms with Gasteiger partial charge in [0.25, 0.3) is 0 Å². The van der Waals surface area contributed by atoms with E-state index < -0.39 is 11.0 Å². The van der Waals surface area contributed by atoms with Crippen LogP contribution >= 0.6 is 7.92 Å². The Bertz CT molecular complexity index is 1370. The van der Waals surface area contributed by atoms with Gasteiger partial charge in [-0.1, -0.05) is 77.2 Å². The lowest BCUT2D eigenvalue weighted by Crippen LogP contribution is -2.58. The number of benzene rings is 2. The molecular weight excluding hydrogens is 598 g/mol. The Morgan fingerprint density at radius 2 is 1.09 bits per heavy atom. The van der Waals surface area contributed by atoms with Crippen LogP contribution < -0.4 is 5.30 Å². The number of nitrogens with zero attached hydrogens (tertiary/aromatic N) is 1. The Hall–Kier alpha value is -1.02. The molecule has 250 valence electrons. The van der Waals surface area contributed by atoms with Crippen LogP contribution in [0.5, 0.6) is 0 Å². The first-order valence-electron chi connectivity index (χ1n) is 18.9. The van der Waals surface area contributed by atoms with E-state index in [1.807, 2.05) is 0 Å². The zero-order valence-electron chi connectivity index (χ0n) is 29.9. The third-order valence-corrected chi connectivity index (χ3v) is 19.3. The van der Waals surface area contributed by atoms with E-state index in [1.165, 1.54) is 93.7 Å². The molecule has 8 saturated carbocycles. The molecule has 0 spiro atoms. The van der Waals surface area contributed by atoms with Crippen LogP contribution in [0.15, 0.2) is 48.5 Å². The molecule has 8 aliphatic carbocycles. The van der Waals surface area contributed by atoms with Gasteiger partial charge in [0, 0.05) is 7.05 Å². The maximum Gasteiger partial charge on any atom is 0.100 e. The highest BCUT2D eigenvalue weighted by Gasteiger charge is 2.63. The van der Waals surface area contributed by atoms with Gasteiger partial charge in [0.15, 0.2) is 0 Å². The Morgan fingerprint density at radius 1 is 0.674 bits per heavy atom. The van der Waals surface area contributed by atoms with Gasteiger partial charge in [0.05, 0.1) is 10.8 Å². The molecule has 8 bridgehead atoms. The van der Waals surface area contributed by atoms with Crippen molar-refractivity contribution in [2.45, 2.75) is 145 Å². The molecule has 0 radical (unpaired) electrons. The van der Waals surface area contributed by atoms with Crippen LogP contribution in [-0.4, -0.2) is 30.6 Å². The van der Waals surface area contributed by atoms with Gasteiger partial charge < -0.3 is 0 Å². The Kier molecular flexibility index (Phi) is 7.88. The smallest absolute Gasteiger partial charge is 0.100 e. The van der Waals surface area contributed by atoms with Crippen molar-refractivity contribution in [3.63, 3.8) is 0 Å². The average Bonchev–Trinajstić information content (AvgIpc) is 2.95. The maximum absolute atomic E-state index is 14.3. The molecule has 4 heteroatoms. The van der Waals surface area contributed by atoms with Gasteiger partial charge in [-0.05, 0) is 171 Å². The van der Waals surface area contributed by atoms with Crippen molar-refractivity contribution in [1.29, 1.82) is 0 Å². The Morgan fingerprint density at radius 3 is 1.48 bits per heavy atom. The quantitative estimate of drug-likeness (QED) is 0.271. The lowest BCUT2D eigenvalue weighted by Gasteiger charge is -2.67. The third kappa shape index (κ3) is 5.44. The van der Waals surface area contributed by atoms with E-state index in [0.717, 1.165) is 35.5 Å². The maximum atomic E-state index is 14.3. The molecule has 46 heavy (non-hydrogen) atoms. The lowest BCUT2D eigenvalue weighted by atomic mass is 9.55. The molecule has 1 unspecified atom stereocenters. The minimum absolute atomic E-state index is 0.0156. The first kappa shape index (κ1) is 32.2. The lowest BCUT2D eigenvalue weighted by molar-refractivity contribution is 0.0195. The van der Waals surface area contributed by atoms with Gasteiger partial charge in [-0.25, -0.2) is 8.51 Å². The summed E-state index contributed by atoms with van der Waals surface area (Å²) in [5.74, 6) is 5.80. The van der Waals surface area contributed by atoms with Gasteiger partial charge in [0.2, 0.25) is 0 Å². The second kappa shape index (κ2) is 11.3. The molecule has 8 fully saturated rings. The molecule has 0 saturated heterocycles. The van der Waals surface area contributed by atoms with Crippen molar-refractivity contribution in [2.75, 3.05) is 7.05 Å². The van der Waals surface area contributed by atoms with Crippen molar-refractivity contribution < 1.29 is 4.21 Å². The van der Waals surface area contributed by atoms with Crippen LogP contribution in [0.4, 0.5) is 0 Å². The number of rotatable bonds is 7. The summed E-state index contributed by atoms with van der Waals surface area (Å²) in [6.45, 7) is 13.3. The average molecular weight is 658 g/mol. The summed E-state index contributed by atoms with van der Waals surface area (Å²) in [5, 5.41) is 2.73. The summed E-state index contributed by atoms with van der Waals surface area (Å²) in [4.78, 5) is 0. The van der Waals surface area contributed by atoms with Gasteiger partial charge in [-0.3, -0.25) is 0 Å². The predicted octanol–water partition coefficient (Wildman–Crippen LogP) is 10.5. The minimum atomic E-state index is -1.14. The Balaban J connectivity index is 1.31. The second-order valence-electron chi connectivity index (χ2n) is 19.4. The Labute approximate surface area is 284 Å². The normalized spacial score (nSPS) is 38.3. The van der Waals surface area contributed by atoms with E-state index in [1.54, 1.807) is 5.30 Å². The molecule has 0 aliphatic heterocycles. The van der Waals surface area contributed by atoms with E-state index in [9.17, 15) is 4.21 Å². The van der Waals surface area contributed by atoms with Crippen LogP contribution in [-0.2, 0) is 16.4 Å². The van der Waals surface area contributed by atoms with Crippen LogP contribution in [0, 0.1) is 35.5 Å². The van der Waals surface area contributed by atoms with Crippen molar-refractivity contribution in [3.8, 4) is 0 Å². The summed E-state index contributed by atoms with van der Waals surface area (Å²) in [6.07, 6.45) is 18.1. The van der Waals surface area contributed by atoms with Gasteiger partial charge in [0.1, 0.15) is 11.0 Å². The second-order valence-corrected chi connectivity index (χ2v) is 24.7. The summed E-state index contributed by atoms with van der Waals surface area (Å²) >= 11 is 0. The molecule has 0 amide bonds. The highest BCUT2D eigenvalue weighted by molar-refractivity contribution is 7.84. The van der Waals surface area contributed by atoms with Crippen molar-refractivity contribution in [3.05, 3.63) is 65.2 Å². The van der Waals surface area contributed by atoms with E-state index in [4.69, 9.17) is 0 Å². The van der Waals surface area contributed by atoms with Gasteiger partial charge in [-0.15, -0.1) is 0 Å². The standard InChI is InChI=1S/C42H60NOPS/c1-39(2,3)35-14-12-34(13-15-35)38(43(7)46(44)40(4,5)6)36-10-8-9-11-37(36)45(41-22-28-16-29(23-41)18-30(17-28)24-41)42-25-31-19-32(26-42)21-33(20-31)27-42/h8-15,28-33,38H,16-27H2,1-7H3/t28?,29?,30?,31?,32?,33?,38-,41?,42?,45?,46?/m1/s1. The largest absolute Gasteiger partial charge is 0.242 e. The fourth-order valence-electron chi connectivity index (χ4n) is 12.9. The first-order valence-corrected chi connectivity index (χ1v) is 21.3. The van der Waals surface area contributed by atoms with Crippen molar-refractivity contribution in [2.24, 2.45) is 35.5 Å². The summed E-state index contributed by atoms with van der Waals surface area (Å²) in [7, 11) is 0.644. The SMILES string of the molecule is CN([C@H](c1ccc(C(C)(C)C)cc1)c1ccccc1P(C12CC3CC(CC(C3)C1)C2)C12CC3CC(CC(C3)C1)C2)S(=O)C(C)(C)C. The van der Waals surface area contributed by atoms with E-state index >= 15 is 0 Å². The third-order valence-electron chi connectivity index (χ3n) is 13.7.